The summed E-state index contributed by atoms with van der Waals surface area (Å²) in [6.07, 6.45) is 0.761. The number of carbonyl (C=O) groups excluding carboxylic acids is 1. The molecule has 0 saturated heterocycles. The predicted molar refractivity (Wildman–Crippen MR) is 70.3 cm³/mol. The van der Waals surface area contributed by atoms with Gasteiger partial charge in [-0.1, -0.05) is 26.3 Å². The van der Waals surface area contributed by atoms with Crippen molar-refractivity contribution in [1.82, 2.24) is 5.32 Å². The van der Waals surface area contributed by atoms with E-state index in [1.807, 2.05) is 13.8 Å². The summed E-state index contributed by atoms with van der Waals surface area (Å²) in [4.78, 5) is 11.9. The molecule has 0 aliphatic carbocycles. The molecule has 3 N–H and O–H groups in total. The highest BCUT2D eigenvalue weighted by Gasteiger charge is 2.23. The van der Waals surface area contributed by atoms with E-state index < -0.39 is 29.6 Å². The van der Waals surface area contributed by atoms with Crippen LogP contribution in [0, 0.1) is 17.6 Å². The van der Waals surface area contributed by atoms with E-state index in [0.29, 0.717) is 0 Å². The van der Waals surface area contributed by atoms with E-state index in [4.69, 9.17) is 5.73 Å². The SMILES string of the molecule is CC[C@H](C)[C@H](N)C(=O)NC(C)c1c(F)cccc1F. The van der Waals surface area contributed by atoms with E-state index in [1.54, 1.807) is 0 Å². The summed E-state index contributed by atoms with van der Waals surface area (Å²) >= 11 is 0. The molecule has 1 rings (SSSR count). The number of carbonyl (C=O) groups is 1. The number of halogens is 2. The smallest absolute Gasteiger partial charge is 0.237 e. The zero-order valence-electron chi connectivity index (χ0n) is 11.4. The van der Waals surface area contributed by atoms with Crippen molar-refractivity contribution in [3.05, 3.63) is 35.4 Å². The summed E-state index contributed by atoms with van der Waals surface area (Å²) in [6.45, 7) is 5.32. The Kier molecular flexibility index (Phi) is 5.42. The van der Waals surface area contributed by atoms with E-state index in [0.717, 1.165) is 18.6 Å². The lowest BCUT2D eigenvalue weighted by Crippen LogP contribution is -2.45. The molecule has 0 fully saturated rings. The first-order valence-corrected chi connectivity index (χ1v) is 6.38. The van der Waals surface area contributed by atoms with Gasteiger partial charge in [0.1, 0.15) is 11.6 Å². The summed E-state index contributed by atoms with van der Waals surface area (Å²) in [5, 5.41) is 2.55. The van der Waals surface area contributed by atoms with Gasteiger partial charge in [0, 0.05) is 5.56 Å². The monoisotopic (exact) mass is 270 g/mol. The van der Waals surface area contributed by atoms with Crippen LogP contribution in [0.1, 0.15) is 38.8 Å². The average Bonchev–Trinajstić information content (AvgIpc) is 2.36. The first-order valence-electron chi connectivity index (χ1n) is 6.38. The van der Waals surface area contributed by atoms with Crippen LogP contribution in [0.4, 0.5) is 8.78 Å². The molecular formula is C14H20F2N2O. The maximum Gasteiger partial charge on any atom is 0.237 e. The van der Waals surface area contributed by atoms with Crippen molar-refractivity contribution in [3.8, 4) is 0 Å². The molecule has 1 aromatic rings. The van der Waals surface area contributed by atoms with Gasteiger partial charge in [-0.3, -0.25) is 4.79 Å². The van der Waals surface area contributed by atoms with E-state index in [-0.39, 0.29) is 11.5 Å². The van der Waals surface area contributed by atoms with Gasteiger partial charge < -0.3 is 11.1 Å². The standard InChI is InChI=1S/C14H20F2N2O/c1-4-8(2)13(17)14(19)18-9(3)12-10(15)6-5-7-11(12)16/h5-9,13H,4,17H2,1-3H3,(H,18,19)/t8-,9?,13-/m0/s1. The zero-order chi connectivity index (χ0) is 14.6. The van der Waals surface area contributed by atoms with Gasteiger partial charge in [0.2, 0.25) is 5.91 Å². The lowest BCUT2D eigenvalue weighted by molar-refractivity contribution is -0.124. The van der Waals surface area contributed by atoms with Gasteiger partial charge in [-0.25, -0.2) is 8.78 Å². The van der Waals surface area contributed by atoms with Crippen LogP contribution in [0.3, 0.4) is 0 Å². The van der Waals surface area contributed by atoms with E-state index in [1.165, 1.54) is 13.0 Å². The minimum absolute atomic E-state index is 0.0117. The summed E-state index contributed by atoms with van der Waals surface area (Å²) in [5.74, 6) is -1.74. The van der Waals surface area contributed by atoms with Crippen LogP contribution < -0.4 is 11.1 Å². The molecule has 106 valence electrons. The molecule has 5 heteroatoms. The second-order valence-electron chi connectivity index (χ2n) is 4.78. The zero-order valence-corrected chi connectivity index (χ0v) is 11.4. The molecule has 3 atom stereocenters. The summed E-state index contributed by atoms with van der Waals surface area (Å²) in [7, 11) is 0. The first-order chi connectivity index (χ1) is 8.88. The van der Waals surface area contributed by atoms with Crippen molar-refractivity contribution in [2.75, 3.05) is 0 Å². The molecule has 0 aliphatic rings. The Hall–Kier alpha value is -1.49. The average molecular weight is 270 g/mol. The number of hydrogen-bond donors (Lipinski definition) is 2. The topological polar surface area (TPSA) is 55.1 Å². The Morgan fingerprint density at radius 1 is 1.32 bits per heavy atom. The highest BCUT2D eigenvalue weighted by molar-refractivity contribution is 5.82. The van der Waals surface area contributed by atoms with Crippen LogP contribution in [0.2, 0.25) is 0 Å². The van der Waals surface area contributed by atoms with Gasteiger partial charge in [-0.2, -0.15) is 0 Å². The molecule has 1 aromatic carbocycles. The Balaban J connectivity index is 2.80. The van der Waals surface area contributed by atoms with Crippen LogP contribution in [0.5, 0.6) is 0 Å². The number of hydrogen-bond acceptors (Lipinski definition) is 2. The lowest BCUT2D eigenvalue weighted by atomic mass is 9.98. The summed E-state index contributed by atoms with van der Waals surface area (Å²) in [6, 6.07) is 2.17. The minimum atomic E-state index is -0.760. The Morgan fingerprint density at radius 3 is 2.32 bits per heavy atom. The normalized spacial score (nSPS) is 15.7. The highest BCUT2D eigenvalue weighted by Crippen LogP contribution is 2.20. The number of benzene rings is 1. The Bertz CT molecular complexity index is 431. The van der Waals surface area contributed by atoms with Gasteiger partial charge in [0.25, 0.3) is 0 Å². The molecular weight excluding hydrogens is 250 g/mol. The maximum absolute atomic E-state index is 13.6. The molecule has 3 nitrogen and oxygen atoms in total. The third-order valence-corrected chi connectivity index (χ3v) is 3.35. The number of nitrogens with two attached hydrogens (primary N) is 1. The fourth-order valence-electron chi connectivity index (χ4n) is 1.82. The van der Waals surface area contributed by atoms with Crippen molar-refractivity contribution < 1.29 is 13.6 Å². The van der Waals surface area contributed by atoms with E-state index in [2.05, 4.69) is 5.32 Å². The quantitative estimate of drug-likeness (QED) is 0.863. The minimum Gasteiger partial charge on any atom is -0.348 e. The number of amides is 1. The molecule has 0 aliphatic heterocycles. The Morgan fingerprint density at radius 2 is 1.84 bits per heavy atom. The van der Waals surface area contributed by atoms with Crippen LogP contribution in [0.15, 0.2) is 18.2 Å². The molecule has 1 unspecified atom stereocenters. The molecule has 0 heterocycles. The van der Waals surface area contributed by atoms with Crippen LogP contribution in [-0.4, -0.2) is 11.9 Å². The highest BCUT2D eigenvalue weighted by atomic mass is 19.1. The molecule has 1 amide bonds. The molecule has 0 saturated carbocycles. The fraction of sp³-hybridized carbons (Fsp3) is 0.500. The fourth-order valence-corrected chi connectivity index (χ4v) is 1.82. The molecule has 19 heavy (non-hydrogen) atoms. The van der Waals surface area contributed by atoms with Gasteiger partial charge in [-0.15, -0.1) is 0 Å². The van der Waals surface area contributed by atoms with Crippen LogP contribution >= 0.6 is 0 Å². The van der Waals surface area contributed by atoms with Gasteiger partial charge >= 0.3 is 0 Å². The second-order valence-corrected chi connectivity index (χ2v) is 4.78. The number of rotatable bonds is 5. The third-order valence-electron chi connectivity index (χ3n) is 3.35. The summed E-state index contributed by atoms with van der Waals surface area (Å²) < 4.78 is 27.1. The third kappa shape index (κ3) is 3.73. The maximum atomic E-state index is 13.6. The Labute approximate surface area is 112 Å². The lowest BCUT2D eigenvalue weighted by Gasteiger charge is -2.21. The molecule has 0 bridgehead atoms. The summed E-state index contributed by atoms with van der Waals surface area (Å²) in [5.41, 5.74) is 5.63. The molecule has 0 radical (unpaired) electrons. The van der Waals surface area contributed by atoms with E-state index in [9.17, 15) is 13.6 Å². The first kappa shape index (κ1) is 15.6. The molecule has 0 aromatic heterocycles. The van der Waals surface area contributed by atoms with Crippen molar-refractivity contribution in [1.29, 1.82) is 0 Å². The van der Waals surface area contributed by atoms with Crippen LogP contribution in [0.25, 0.3) is 0 Å². The number of nitrogens with one attached hydrogen (secondary N) is 1. The van der Waals surface area contributed by atoms with Crippen molar-refractivity contribution in [2.45, 2.75) is 39.3 Å². The van der Waals surface area contributed by atoms with Crippen molar-refractivity contribution in [3.63, 3.8) is 0 Å². The van der Waals surface area contributed by atoms with Crippen molar-refractivity contribution >= 4 is 5.91 Å². The largest absolute Gasteiger partial charge is 0.348 e. The van der Waals surface area contributed by atoms with E-state index >= 15 is 0 Å². The van der Waals surface area contributed by atoms with Crippen molar-refractivity contribution in [2.24, 2.45) is 11.7 Å². The van der Waals surface area contributed by atoms with Gasteiger partial charge in [0.15, 0.2) is 0 Å². The predicted octanol–water partition coefficient (Wildman–Crippen LogP) is 2.52. The van der Waals surface area contributed by atoms with Crippen LogP contribution in [-0.2, 0) is 4.79 Å². The molecule has 0 spiro atoms. The second kappa shape index (κ2) is 6.61. The van der Waals surface area contributed by atoms with Gasteiger partial charge in [-0.05, 0) is 25.0 Å². The van der Waals surface area contributed by atoms with Gasteiger partial charge in [0.05, 0.1) is 12.1 Å².